The first-order valence-corrected chi connectivity index (χ1v) is 9.71. The molecule has 0 saturated carbocycles. The summed E-state index contributed by atoms with van der Waals surface area (Å²) in [6.45, 7) is 8.02. The predicted molar refractivity (Wildman–Crippen MR) is 109 cm³/mol. The van der Waals surface area contributed by atoms with Crippen LogP contribution in [0, 0.1) is 11.8 Å². The van der Waals surface area contributed by atoms with Crippen LogP contribution in [-0.2, 0) is 25.7 Å². The molecule has 3 N–H and O–H groups in total. The van der Waals surface area contributed by atoms with Crippen LogP contribution >= 0.6 is 0 Å². The normalized spacial score (nSPS) is 13.1. The van der Waals surface area contributed by atoms with Crippen molar-refractivity contribution in [3.8, 4) is 0 Å². The van der Waals surface area contributed by atoms with Gasteiger partial charge in [-0.2, -0.15) is 13.2 Å². The molecule has 1 rings (SSSR count). The number of benzene rings is 1. The van der Waals surface area contributed by atoms with Gasteiger partial charge in [0.2, 0.25) is 5.91 Å². The Bertz CT molecular complexity index is 709. The number of esters is 1. The zero-order valence-corrected chi connectivity index (χ0v) is 18.3. The zero-order chi connectivity index (χ0) is 24.4. The first-order chi connectivity index (χ1) is 14.2. The lowest BCUT2D eigenvalue weighted by molar-refractivity contribution is -0.192. The van der Waals surface area contributed by atoms with Gasteiger partial charge in [-0.1, -0.05) is 58.0 Å². The van der Waals surface area contributed by atoms with Crippen molar-refractivity contribution in [1.82, 2.24) is 4.90 Å². The summed E-state index contributed by atoms with van der Waals surface area (Å²) in [7, 11) is 1.62. The molecule has 0 radical (unpaired) electrons. The number of carboxylic acid groups (broad SMARTS) is 1. The van der Waals surface area contributed by atoms with Crippen molar-refractivity contribution in [2.75, 3.05) is 7.05 Å². The van der Waals surface area contributed by atoms with Crippen LogP contribution in [0.5, 0.6) is 0 Å². The Hall–Kier alpha value is -2.62. The van der Waals surface area contributed by atoms with E-state index in [-0.39, 0.29) is 18.4 Å². The highest BCUT2D eigenvalue weighted by molar-refractivity contribution is 5.87. The molecule has 0 saturated heterocycles. The van der Waals surface area contributed by atoms with Crippen LogP contribution in [0.15, 0.2) is 30.3 Å². The Labute approximate surface area is 180 Å². The second kappa shape index (κ2) is 12.9. The summed E-state index contributed by atoms with van der Waals surface area (Å²) in [6.07, 6.45) is -4.49. The number of aliphatic carboxylic acids is 1. The molecule has 0 unspecified atom stereocenters. The Kier molecular flexibility index (Phi) is 11.8. The third kappa shape index (κ3) is 10.8. The van der Waals surface area contributed by atoms with E-state index in [9.17, 15) is 22.8 Å². The molecular weight excluding hydrogens is 417 g/mol. The maximum Gasteiger partial charge on any atom is 0.490 e. The largest absolute Gasteiger partial charge is 0.490 e. The molecule has 0 aromatic heterocycles. The topological polar surface area (TPSA) is 110 Å². The minimum Gasteiger partial charge on any atom is -0.475 e. The number of nitrogens with zero attached hydrogens (tertiary/aromatic N) is 1. The molecule has 1 aromatic carbocycles. The molecule has 0 aliphatic heterocycles. The summed E-state index contributed by atoms with van der Waals surface area (Å²) in [4.78, 5) is 35.3. The van der Waals surface area contributed by atoms with E-state index in [1.807, 2.05) is 58.0 Å². The minimum atomic E-state index is -5.08. The van der Waals surface area contributed by atoms with E-state index >= 15 is 0 Å². The lowest BCUT2D eigenvalue weighted by Crippen LogP contribution is -2.52. The lowest BCUT2D eigenvalue weighted by Gasteiger charge is -2.31. The van der Waals surface area contributed by atoms with E-state index < -0.39 is 30.2 Å². The second-order valence-corrected chi connectivity index (χ2v) is 7.77. The number of hydrogen-bond donors (Lipinski definition) is 2. The number of carbonyl (C=O) groups is 3. The van der Waals surface area contributed by atoms with Gasteiger partial charge in [-0.3, -0.25) is 4.79 Å². The van der Waals surface area contributed by atoms with Crippen molar-refractivity contribution >= 4 is 17.8 Å². The average molecular weight is 448 g/mol. The highest BCUT2D eigenvalue weighted by Crippen LogP contribution is 2.16. The van der Waals surface area contributed by atoms with Crippen LogP contribution in [0.1, 0.15) is 39.7 Å². The van der Waals surface area contributed by atoms with E-state index in [2.05, 4.69) is 0 Å². The number of likely N-dealkylation sites (N-methyl/N-ethyl adjacent to an activating group) is 1. The first kappa shape index (κ1) is 28.4. The third-order valence-corrected chi connectivity index (χ3v) is 4.15. The van der Waals surface area contributed by atoms with Gasteiger partial charge in [-0.25, -0.2) is 9.59 Å². The smallest absolute Gasteiger partial charge is 0.475 e. The number of carbonyl (C=O) groups excluding carboxylic acids is 2. The summed E-state index contributed by atoms with van der Waals surface area (Å²) in [5.41, 5.74) is 6.89. The number of hydrogen-bond acceptors (Lipinski definition) is 5. The Morgan fingerprint density at radius 2 is 1.58 bits per heavy atom. The Morgan fingerprint density at radius 3 is 1.97 bits per heavy atom. The van der Waals surface area contributed by atoms with Crippen LogP contribution in [0.4, 0.5) is 13.2 Å². The maximum absolute atomic E-state index is 12.5. The van der Waals surface area contributed by atoms with E-state index in [4.69, 9.17) is 20.4 Å². The SMILES string of the molecule is CC(C)C[C@H](N)C(=O)N(C)[C@H](C(=O)OCc1ccccc1)C(C)C.O=C(O)C(F)(F)F. The molecule has 0 aliphatic rings. The van der Waals surface area contributed by atoms with Crippen LogP contribution in [-0.4, -0.2) is 53.2 Å². The van der Waals surface area contributed by atoms with Gasteiger partial charge in [-0.15, -0.1) is 0 Å². The minimum absolute atomic E-state index is 0.0616. The van der Waals surface area contributed by atoms with Crippen LogP contribution in [0.3, 0.4) is 0 Å². The second-order valence-electron chi connectivity index (χ2n) is 7.77. The number of carboxylic acids is 1. The molecule has 0 heterocycles. The summed E-state index contributed by atoms with van der Waals surface area (Å²) < 4.78 is 37.1. The van der Waals surface area contributed by atoms with Crippen molar-refractivity contribution in [3.63, 3.8) is 0 Å². The van der Waals surface area contributed by atoms with Gasteiger partial charge in [-0.05, 0) is 23.8 Å². The fourth-order valence-electron chi connectivity index (χ4n) is 2.70. The van der Waals surface area contributed by atoms with E-state index in [1.54, 1.807) is 7.05 Å². The Morgan fingerprint density at radius 1 is 1.10 bits per heavy atom. The molecular formula is C21H31F3N2O5. The number of halogens is 3. The molecule has 0 fully saturated rings. The molecule has 31 heavy (non-hydrogen) atoms. The molecule has 7 nitrogen and oxygen atoms in total. The number of nitrogens with two attached hydrogens (primary N) is 1. The molecule has 1 amide bonds. The van der Waals surface area contributed by atoms with Gasteiger partial charge >= 0.3 is 18.1 Å². The zero-order valence-electron chi connectivity index (χ0n) is 18.3. The fourth-order valence-corrected chi connectivity index (χ4v) is 2.70. The van der Waals surface area contributed by atoms with Crippen LogP contribution < -0.4 is 5.73 Å². The highest BCUT2D eigenvalue weighted by atomic mass is 19.4. The van der Waals surface area contributed by atoms with Gasteiger partial charge in [0.15, 0.2) is 0 Å². The van der Waals surface area contributed by atoms with Gasteiger partial charge in [0.1, 0.15) is 12.6 Å². The van der Waals surface area contributed by atoms with E-state index in [0.717, 1.165) is 5.56 Å². The number of alkyl halides is 3. The number of rotatable bonds is 8. The maximum atomic E-state index is 12.5. The fraction of sp³-hybridized carbons (Fsp3) is 0.571. The predicted octanol–water partition coefficient (Wildman–Crippen LogP) is 3.22. The van der Waals surface area contributed by atoms with Crippen molar-refractivity contribution in [3.05, 3.63) is 35.9 Å². The standard InChI is InChI=1S/C19H30N2O3.C2HF3O2/c1-13(2)11-16(20)18(22)21(5)17(14(3)4)19(23)24-12-15-9-7-6-8-10-15;3-2(4,5)1(6)7/h6-10,13-14,16-17H,11-12,20H2,1-5H3;(H,6,7)/t16-,17-;/m0./s1. The number of ether oxygens (including phenoxy) is 1. The summed E-state index contributed by atoms with van der Waals surface area (Å²) in [6, 6.07) is 8.24. The average Bonchev–Trinajstić information content (AvgIpc) is 2.65. The molecule has 0 bridgehead atoms. The molecule has 1 aromatic rings. The van der Waals surface area contributed by atoms with Crippen molar-refractivity contribution in [2.45, 2.75) is 59.0 Å². The first-order valence-electron chi connectivity index (χ1n) is 9.71. The lowest BCUT2D eigenvalue weighted by atomic mass is 9.99. The molecule has 0 aliphatic carbocycles. The van der Waals surface area contributed by atoms with Crippen molar-refractivity contribution in [2.24, 2.45) is 17.6 Å². The van der Waals surface area contributed by atoms with Crippen molar-refractivity contribution in [1.29, 1.82) is 0 Å². The van der Waals surface area contributed by atoms with Crippen LogP contribution in [0.2, 0.25) is 0 Å². The summed E-state index contributed by atoms with van der Waals surface area (Å²) >= 11 is 0. The monoisotopic (exact) mass is 448 g/mol. The molecule has 10 heteroatoms. The Balaban J connectivity index is 0.00000110. The van der Waals surface area contributed by atoms with Gasteiger partial charge in [0.25, 0.3) is 0 Å². The van der Waals surface area contributed by atoms with Crippen LogP contribution in [0.25, 0.3) is 0 Å². The summed E-state index contributed by atoms with van der Waals surface area (Å²) in [5.74, 6) is -3.12. The van der Waals surface area contributed by atoms with E-state index in [1.165, 1.54) is 4.90 Å². The van der Waals surface area contributed by atoms with Gasteiger partial charge < -0.3 is 20.5 Å². The molecule has 176 valence electrons. The van der Waals surface area contributed by atoms with Crippen molar-refractivity contribution < 1.29 is 37.4 Å². The van der Waals surface area contributed by atoms with Gasteiger partial charge in [0, 0.05) is 7.05 Å². The highest BCUT2D eigenvalue weighted by Gasteiger charge is 2.38. The summed E-state index contributed by atoms with van der Waals surface area (Å²) in [5, 5.41) is 7.12. The van der Waals surface area contributed by atoms with E-state index in [0.29, 0.717) is 12.3 Å². The third-order valence-electron chi connectivity index (χ3n) is 4.15. The molecule has 0 spiro atoms. The van der Waals surface area contributed by atoms with Gasteiger partial charge in [0.05, 0.1) is 6.04 Å². The number of amides is 1. The quantitative estimate of drug-likeness (QED) is 0.591. The molecule has 2 atom stereocenters.